The number of fused-ring (bicyclic) bond motifs is 1. The molecule has 0 aliphatic carbocycles. The van der Waals surface area contributed by atoms with Crippen molar-refractivity contribution in [2.45, 2.75) is 0 Å². The number of nitrogens with one attached hydrogen (secondary N) is 1. The first-order chi connectivity index (χ1) is 13.1. The standard InChI is InChI=1S/C23H16BrNO2/c24-17-12-9-16(10-13-17)23(27)25-20-14-11-15-5-1-2-6-18(15)22(20)19-7-3-4-8-21(19)26/h1-14,26H,(H,25,27). The molecule has 0 aliphatic rings. The number of benzene rings is 4. The van der Waals surface area contributed by atoms with Crippen molar-refractivity contribution < 1.29 is 9.90 Å². The maximum Gasteiger partial charge on any atom is 0.255 e. The second kappa shape index (κ2) is 7.25. The third kappa shape index (κ3) is 3.44. The Morgan fingerprint density at radius 2 is 1.52 bits per heavy atom. The van der Waals surface area contributed by atoms with Crippen molar-refractivity contribution in [2.75, 3.05) is 5.32 Å². The van der Waals surface area contributed by atoms with Crippen LogP contribution in [0.25, 0.3) is 21.9 Å². The van der Waals surface area contributed by atoms with Crippen LogP contribution in [0.4, 0.5) is 5.69 Å². The molecule has 0 heterocycles. The second-order valence-electron chi connectivity index (χ2n) is 6.19. The lowest BCUT2D eigenvalue weighted by Gasteiger charge is -2.15. The molecule has 0 saturated heterocycles. The molecule has 27 heavy (non-hydrogen) atoms. The predicted octanol–water partition coefficient (Wildman–Crippen LogP) is 6.23. The molecule has 0 atom stereocenters. The van der Waals surface area contributed by atoms with Crippen LogP contribution >= 0.6 is 15.9 Å². The van der Waals surface area contributed by atoms with E-state index in [4.69, 9.17) is 0 Å². The lowest BCUT2D eigenvalue weighted by Crippen LogP contribution is -2.12. The molecule has 1 amide bonds. The van der Waals surface area contributed by atoms with E-state index in [0.29, 0.717) is 16.8 Å². The molecule has 4 aromatic rings. The molecule has 0 saturated carbocycles. The maximum atomic E-state index is 12.7. The van der Waals surface area contributed by atoms with E-state index in [2.05, 4.69) is 21.2 Å². The number of phenols is 1. The largest absolute Gasteiger partial charge is 0.507 e. The summed E-state index contributed by atoms with van der Waals surface area (Å²) in [4.78, 5) is 12.7. The third-order valence-electron chi connectivity index (χ3n) is 4.46. The number of rotatable bonds is 3. The normalized spacial score (nSPS) is 10.7. The van der Waals surface area contributed by atoms with Gasteiger partial charge in [0.05, 0.1) is 0 Å². The minimum atomic E-state index is -0.200. The van der Waals surface area contributed by atoms with Gasteiger partial charge in [0.25, 0.3) is 5.91 Å². The zero-order valence-corrected chi connectivity index (χ0v) is 15.9. The number of aromatic hydroxyl groups is 1. The molecular formula is C23H16BrNO2. The Labute approximate surface area is 165 Å². The lowest BCUT2D eigenvalue weighted by molar-refractivity contribution is 0.102. The van der Waals surface area contributed by atoms with Crippen molar-refractivity contribution in [1.29, 1.82) is 0 Å². The van der Waals surface area contributed by atoms with Gasteiger partial charge in [0.1, 0.15) is 5.75 Å². The minimum absolute atomic E-state index is 0.174. The summed E-state index contributed by atoms with van der Waals surface area (Å²) in [6, 6.07) is 26.1. The van der Waals surface area contributed by atoms with E-state index in [1.165, 1.54) is 0 Å². The van der Waals surface area contributed by atoms with Crippen molar-refractivity contribution in [1.82, 2.24) is 0 Å². The Kier molecular flexibility index (Phi) is 4.65. The highest BCUT2D eigenvalue weighted by Crippen LogP contribution is 2.39. The Hall–Kier alpha value is -3.11. The summed E-state index contributed by atoms with van der Waals surface area (Å²) in [7, 11) is 0. The number of hydrogen-bond donors (Lipinski definition) is 2. The molecule has 0 unspecified atom stereocenters. The van der Waals surface area contributed by atoms with Crippen molar-refractivity contribution in [3.05, 3.63) is 95.0 Å². The van der Waals surface area contributed by atoms with Gasteiger partial charge in [-0.1, -0.05) is 64.5 Å². The predicted molar refractivity (Wildman–Crippen MR) is 113 cm³/mol. The van der Waals surface area contributed by atoms with Gasteiger partial charge in [0.15, 0.2) is 0 Å². The van der Waals surface area contributed by atoms with Gasteiger partial charge >= 0.3 is 0 Å². The molecule has 2 N–H and O–H groups in total. The summed E-state index contributed by atoms with van der Waals surface area (Å²) in [5, 5.41) is 15.4. The molecule has 0 spiro atoms. The molecule has 4 aromatic carbocycles. The fraction of sp³-hybridized carbons (Fsp3) is 0. The van der Waals surface area contributed by atoms with Crippen LogP contribution in [0.15, 0.2) is 89.4 Å². The summed E-state index contributed by atoms with van der Waals surface area (Å²) in [6.45, 7) is 0. The molecule has 4 rings (SSSR count). The summed E-state index contributed by atoms with van der Waals surface area (Å²) < 4.78 is 0.916. The van der Waals surface area contributed by atoms with Crippen molar-refractivity contribution >= 4 is 38.3 Å². The smallest absolute Gasteiger partial charge is 0.255 e. The Balaban J connectivity index is 1.85. The summed E-state index contributed by atoms with van der Waals surface area (Å²) in [6.07, 6.45) is 0. The molecule has 0 aromatic heterocycles. The molecule has 0 bridgehead atoms. The van der Waals surface area contributed by atoms with Crippen LogP contribution in [0.2, 0.25) is 0 Å². The van der Waals surface area contributed by atoms with Gasteiger partial charge in [-0.25, -0.2) is 0 Å². The van der Waals surface area contributed by atoms with Crippen molar-refractivity contribution in [3.8, 4) is 16.9 Å². The number of para-hydroxylation sites is 1. The Morgan fingerprint density at radius 1 is 0.815 bits per heavy atom. The number of carbonyl (C=O) groups excluding carboxylic acids is 1. The van der Waals surface area contributed by atoms with Gasteiger partial charge in [-0.2, -0.15) is 0 Å². The van der Waals surface area contributed by atoms with Gasteiger partial charge in [-0.05, 0) is 47.2 Å². The number of anilines is 1. The third-order valence-corrected chi connectivity index (χ3v) is 4.99. The van der Waals surface area contributed by atoms with E-state index in [1.807, 2.05) is 60.7 Å². The molecule has 4 heteroatoms. The fourth-order valence-corrected chi connectivity index (χ4v) is 3.41. The average molecular weight is 418 g/mol. The average Bonchev–Trinajstić information content (AvgIpc) is 2.69. The SMILES string of the molecule is O=C(Nc1ccc2ccccc2c1-c1ccccc1O)c1ccc(Br)cc1. The highest BCUT2D eigenvalue weighted by Gasteiger charge is 2.15. The monoisotopic (exact) mass is 417 g/mol. The number of halogens is 1. The van der Waals surface area contributed by atoms with Crippen LogP contribution in [0.5, 0.6) is 5.75 Å². The van der Waals surface area contributed by atoms with Crippen LogP contribution in [0.1, 0.15) is 10.4 Å². The molecule has 3 nitrogen and oxygen atoms in total. The Morgan fingerprint density at radius 3 is 2.30 bits per heavy atom. The first kappa shape index (κ1) is 17.3. The van der Waals surface area contributed by atoms with E-state index in [-0.39, 0.29) is 11.7 Å². The quantitative estimate of drug-likeness (QED) is 0.415. The van der Waals surface area contributed by atoms with Gasteiger partial charge in [-0.3, -0.25) is 4.79 Å². The van der Waals surface area contributed by atoms with Crippen LogP contribution < -0.4 is 5.32 Å². The second-order valence-corrected chi connectivity index (χ2v) is 7.10. The zero-order valence-electron chi connectivity index (χ0n) is 14.3. The maximum absolute atomic E-state index is 12.7. The first-order valence-electron chi connectivity index (χ1n) is 8.50. The summed E-state index contributed by atoms with van der Waals surface area (Å²) in [5.74, 6) is -0.0255. The minimum Gasteiger partial charge on any atom is -0.507 e. The lowest BCUT2D eigenvalue weighted by atomic mass is 9.95. The van der Waals surface area contributed by atoms with E-state index in [9.17, 15) is 9.90 Å². The highest BCUT2D eigenvalue weighted by atomic mass is 79.9. The zero-order chi connectivity index (χ0) is 18.8. The topological polar surface area (TPSA) is 49.3 Å². The number of amides is 1. The van der Waals surface area contributed by atoms with Crippen LogP contribution in [0, 0.1) is 0 Å². The van der Waals surface area contributed by atoms with E-state index >= 15 is 0 Å². The fourth-order valence-electron chi connectivity index (χ4n) is 3.15. The van der Waals surface area contributed by atoms with E-state index < -0.39 is 0 Å². The number of phenolic OH excluding ortho intramolecular Hbond substituents is 1. The summed E-state index contributed by atoms with van der Waals surface area (Å²) in [5.41, 5.74) is 2.70. The Bertz CT molecular complexity index is 1140. The summed E-state index contributed by atoms with van der Waals surface area (Å²) >= 11 is 3.38. The van der Waals surface area contributed by atoms with Crippen molar-refractivity contribution in [3.63, 3.8) is 0 Å². The van der Waals surface area contributed by atoms with E-state index in [0.717, 1.165) is 20.8 Å². The number of hydrogen-bond acceptors (Lipinski definition) is 2. The van der Waals surface area contributed by atoms with Gasteiger partial charge in [-0.15, -0.1) is 0 Å². The molecule has 132 valence electrons. The van der Waals surface area contributed by atoms with Crippen LogP contribution in [0.3, 0.4) is 0 Å². The van der Waals surface area contributed by atoms with Crippen LogP contribution in [-0.4, -0.2) is 11.0 Å². The van der Waals surface area contributed by atoms with Gasteiger partial charge in [0, 0.05) is 26.9 Å². The molecule has 0 aliphatic heterocycles. The number of carbonyl (C=O) groups is 1. The van der Waals surface area contributed by atoms with E-state index in [1.54, 1.807) is 24.3 Å². The first-order valence-corrected chi connectivity index (χ1v) is 9.30. The van der Waals surface area contributed by atoms with Gasteiger partial charge < -0.3 is 10.4 Å². The highest BCUT2D eigenvalue weighted by molar-refractivity contribution is 9.10. The molecule has 0 fully saturated rings. The molecule has 0 radical (unpaired) electrons. The van der Waals surface area contributed by atoms with Crippen molar-refractivity contribution in [2.24, 2.45) is 0 Å². The van der Waals surface area contributed by atoms with Crippen LogP contribution in [-0.2, 0) is 0 Å². The van der Waals surface area contributed by atoms with Gasteiger partial charge in [0.2, 0.25) is 0 Å². The molecular weight excluding hydrogens is 402 g/mol.